The molecular formula is C16H28N2S. The first kappa shape index (κ1) is 16.4. The van der Waals surface area contributed by atoms with Gasteiger partial charge in [-0.25, -0.2) is 0 Å². The van der Waals surface area contributed by atoms with E-state index in [0.717, 1.165) is 6.42 Å². The maximum atomic E-state index is 5.89. The fourth-order valence-corrected chi connectivity index (χ4v) is 3.23. The second-order valence-electron chi connectivity index (χ2n) is 5.42. The maximum absolute atomic E-state index is 5.89. The van der Waals surface area contributed by atoms with Gasteiger partial charge in [-0.3, -0.25) is 0 Å². The lowest BCUT2D eigenvalue weighted by atomic mass is 10.0. The summed E-state index contributed by atoms with van der Waals surface area (Å²) in [6.07, 6.45) is 4.31. The first-order chi connectivity index (χ1) is 8.99. The number of hydrogen-bond acceptors (Lipinski definition) is 3. The summed E-state index contributed by atoms with van der Waals surface area (Å²) in [4.78, 5) is 2.40. The van der Waals surface area contributed by atoms with Crippen molar-refractivity contribution >= 4 is 17.4 Å². The molecule has 0 saturated carbocycles. The summed E-state index contributed by atoms with van der Waals surface area (Å²) in [5, 5.41) is 0. The third-order valence-corrected chi connectivity index (χ3v) is 4.37. The van der Waals surface area contributed by atoms with E-state index in [-0.39, 0.29) is 6.04 Å². The Morgan fingerprint density at radius 3 is 2.53 bits per heavy atom. The summed E-state index contributed by atoms with van der Waals surface area (Å²) < 4.78 is 0. The van der Waals surface area contributed by atoms with Crippen molar-refractivity contribution in [1.29, 1.82) is 0 Å². The zero-order chi connectivity index (χ0) is 14.4. The molecule has 19 heavy (non-hydrogen) atoms. The van der Waals surface area contributed by atoms with Gasteiger partial charge < -0.3 is 10.6 Å². The van der Waals surface area contributed by atoms with Gasteiger partial charge in [-0.2, -0.15) is 11.8 Å². The molecule has 0 bridgehead atoms. The van der Waals surface area contributed by atoms with Crippen LogP contribution in [0, 0.1) is 6.92 Å². The smallest absolute Gasteiger partial charge is 0.0374 e. The molecule has 0 aromatic heterocycles. The molecule has 0 saturated heterocycles. The van der Waals surface area contributed by atoms with E-state index < -0.39 is 0 Å². The van der Waals surface area contributed by atoms with E-state index in [1.165, 1.54) is 29.0 Å². The summed E-state index contributed by atoms with van der Waals surface area (Å²) in [5.41, 5.74) is 9.91. The van der Waals surface area contributed by atoms with Crippen molar-refractivity contribution in [3.63, 3.8) is 0 Å². The molecule has 0 heterocycles. The van der Waals surface area contributed by atoms with Gasteiger partial charge in [0, 0.05) is 30.6 Å². The van der Waals surface area contributed by atoms with E-state index in [4.69, 9.17) is 5.73 Å². The van der Waals surface area contributed by atoms with Crippen LogP contribution in [-0.4, -0.2) is 31.1 Å². The highest BCUT2D eigenvalue weighted by Gasteiger charge is 2.13. The molecule has 0 aliphatic heterocycles. The van der Waals surface area contributed by atoms with Crippen LogP contribution in [0.1, 0.15) is 31.4 Å². The second-order valence-corrected chi connectivity index (χ2v) is 6.33. The van der Waals surface area contributed by atoms with Crippen LogP contribution in [-0.2, 0) is 6.42 Å². The zero-order valence-corrected chi connectivity index (χ0v) is 13.8. The number of hydrogen-bond donors (Lipinski definition) is 1. The van der Waals surface area contributed by atoms with Crippen LogP contribution >= 0.6 is 11.8 Å². The van der Waals surface area contributed by atoms with Crippen molar-refractivity contribution in [3.8, 4) is 0 Å². The number of rotatable bonds is 7. The lowest BCUT2D eigenvalue weighted by Gasteiger charge is -2.29. The van der Waals surface area contributed by atoms with Crippen molar-refractivity contribution in [2.24, 2.45) is 5.73 Å². The number of benzene rings is 1. The number of nitrogens with zero attached hydrogens (tertiary/aromatic N) is 1. The molecule has 108 valence electrons. The van der Waals surface area contributed by atoms with E-state index in [2.05, 4.69) is 57.2 Å². The number of aryl methyl sites for hydroxylation is 1. The molecule has 2 N–H and O–H groups in total. The first-order valence-corrected chi connectivity index (χ1v) is 8.45. The minimum absolute atomic E-state index is 0.224. The fraction of sp³-hybridized carbons (Fsp3) is 0.625. The molecule has 0 fully saturated rings. The predicted octanol–water partition coefficient (Wildman–Crippen LogP) is 3.46. The number of anilines is 1. The molecule has 0 aliphatic rings. The average molecular weight is 280 g/mol. The molecule has 0 aliphatic carbocycles. The Morgan fingerprint density at radius 1 is 1.37 bits per heavy atom. The number of nitrogens with two attached hydrogens (primary N) is 1. The molecule has 0 radical (unpaired) electrons. The Labute approximate surface area is 122 Å². The Hall–Kier alpha value is -0.670. The highest BCUT2D eigenvalue weighted by atomic mass is 32.2. The minimum Gasteiger partial charge on any atom is -0.371 e. The van der Waals surface area contributed by atoms with Gasteiger partial charge in [-0.1, -0.05) is 13.0 Å². The summed E-state index contributed by atoms with van der Waals surface area (Å²) in [6, 6.07) is 7.58. The Bertz CT molecular complexity index is 390. The van der Waals surface area contributed by atoms with Gasteiger partial charge in [0.1, 0.15) is 0 Å². The molecule has 1 aromatic carbocycles. The predicted molar refractivity (Wildman–Crippen MR) is 89.4 cm³/mol. The SMILES string of the molecule is CCC(CSC)N(C)c1ccc(CC(C)N)c(C)c1. The van der Waals surface area contributed by atoms with Crippen molar-refractivity contribution in [2.75, 3.05) is 24.0 Å². The lowest BCUT2D eigenvalue weighted by Crippen LogP contribution is -2.33. The monoisotopic (exact) mass is 280 g/mol. The van der Waals surface area contributed by atoms with Crippen molar-refractivity contribution in [3.05, 3.63) is 29.3 Å². The van der Waals surface area contributed by atoms with Gasteiger partial charge in [0.05, 0.1) is 0 Å². The van der Waals surface area contributed by atoms with E-state index in [0.29, 0.717) is 6.04 Å². The van der Waals surface area contributed by atoms with Crippen LogP contribution in [0.5, 0.6) is 0 Å². The summed E-state index contributed by atoms with van der Waals surface area (Å²) in [6.45, 7) is 6.50. The third kappa shape index (κ3) is 4.73. The van der Waals surface area contributed by atoms with Crippen molar-refractivity contribution in [2.45, 2.75) is 45.7 Å². The average Bonchev–Trinajstić information content (AvgIpc) is 2.37. The molecule has 2 nitrogen and oxygen atoms in total. The highest BCUT2D eigenvalue weighted by Crippen LogP contribution is 2.22. The molecule has 3 heteroatoms. The van der Waals surface area contributed by atoms with E-state index in [9.17, 15) is 0 Å². The van der Waals surface area contributed by atoms with Crippen LogP contribution in [0.3, 0.4) is 0 Å². The van der Waals surface area contributed by atoms with Crippen LogP contribution in [0.15, 0.2) is 18.2 Å². The molecular weight excluding hydrogens is 252 g/mol. The Kier molecular flexibility index (Phi) is 6.73. The topological polar surface area (TPSA) is 29.3 Å². The van der Waals surface area contributed by atoms with Gasteiger partial charge in [0.25, 0.3) is 0 Å². The summed E-state index contributed by atoms with van der Waals surface area (Å²) in [5.74, 6) is 1.17. The second kappa shape index (κ2) is 7.81. The Balaban J connectivity index is 2.87. The molecule has 0 amide bonds. The van der Waals surface area contributed by atoms with Crippen molar-refractivity contribution < 1.29 is 0 Å². The van der Waals surface area contributed by atoms with Crippen molar-refractivity contribution in [1.82, 2.24) is 0 Å². The first-order valence-electron chi connectivity index (χ1n) is 7.06. The van der Waals surface area contributed by atoms with Crippen LogP contribution in [0.25, 0.3) is 0 Å². The standard InChI is InChI=1S/C16H28N2S/c1-6-15(11-19-5)18(4)16-8-7-14(10-13(3)17)12(2)9-16/h7-9,13,15H,6,10-11,17H2,1-5H3. The number of thioether (sulfide) groups is 1. The van der Waals surface area contributed by atoms with Gasteiger partial charge >= 0.3 is 0 Å². The van der Waals surface area contributed by atoms with Crippen LogP contribution in [0.2, 0.25) is 0 Å². The Morgan fingerprint density at radius 2 is 2.05 bits per heavy atom. The lowest BCUT2D eigenvalue weighted by molar-refractivity contribution is 0.672. The zero-order valence-electron chi connectivity index (χ0n) is 12.9. The van der Waals surface area contributed by atoms with Gasteiger partial charge in [-0.15, -0.1) is 0 Å². The van der Waals surface area contributed by atoms with E-state index in [1.807, 2.05) is 11.8 Å². The maximum Gasteiger partial charge on any atom is 0.0374 e. The quantitative estimate of drug-likeness (QED) is 0.829. The van der Waals surface area contributed by atoms with E-state index >= 15 is 0 Å². The molecule has 2 atom stereocenters. The minimum atomic E-state index is 0.224. The molecule has 1 aromatic rings. The third-order valence-electron chi connectivity index (χ3n) is 3.65. The fourth-order valence-electron chi connectivity index (χ4n) is 2.38. The normalized spacial score (nSPS) is 14.2. The molecule has 2 unspecified atom stereocenters. The van der Waals surface area contributed by atoms with Crippen LogP contribution in [0.4, 0.5) is 5.69 Å². The molecule has 1 rings (SSSR count). The van der Waals surface area contributed by atoms with E-state index in [1.54, 1.807) is 0 Å². The van der Waals surface area contributed by atoms with Gasteiger partial charge in [0.2, 0.25) is 0 Å². The highest BCUT2D eigenvalue weighted by molar-refractivity contribution is 7.98. The summed E-state index contributed by atoms with van der Waals surface area (Å²) in [7, 11) is 2.20. The summed E-state index contributed by atoms with van der Waals surface area (Å²) >= 11 is 1.91. The largest absolute Gasteiger partial charge is 0.371 e. The molecule has 0 spiro atoms. The van der Waals surface area contributed by atoms with Gasteiger partial charge in [-0.05, 0) is 56.2 Å². The van der Waals surface area contributed by atoms with Gasteiger partial charge in [0.15, 0.2) is 0 Å². The van der Waals surface area contributed by atoms with Crippen LogP contribution < -0.4 is 10.6 Å².